The van der Waals surface area contributed by atoms with Crippen LogP contribution in [0.5, 0.6) is 0 Å². The zero-order chi connectivity index (χ0) is 21.1. The Morgan fingerprint density at radius 1 is 1.32 bits per heavy atom. The summed E-state index contributed by atoms with van der Waals surface area (Å²) in [5.74, 6) is -1.20. The summed E-state index contributed by atoms with van der Waals surface area (Å²) < 4.78 is 58.4. The number of pyridine rings is 1. The Bertz CT molecular complexity index is 912. The number of rotatable bonds is 7. The molecule has 0 saturated heterocycles. The first kappa shape index (κ1) is 22.4. The van der Waals surface area contributed by atoms with Crippen molar-refractivity contribution in [2.75, 3.05) is 18.1 Å². The Hall–Kier alpha value is -1.88. The van der Waals surface area contributed by atoms with Gasteiger partial charge in [-0.25, -0.2) is 4.21 Å². The van der Waals surface area contributed by atoms with Crippen LogP contribution in [0, 0.1) is 0 Å². The predicted octanol–water partition coefficient (Wildman–Crippen LogP) is 4.17. The molecule has 2 aromatic rings. The molecule has 1 N–H and O–H groups in total. The largest absolute Gasteiger partial charge is 0.481 e. The van der Waals surface area contributed by atoms with Gasteiger partial charge in [-0.3, -0.25) is 14.1 Å². The molecule has 0 fully saturated rings. The number of hydrogen-bond donors (Lipinski definition) is 1. The predicted molar refractivity (Wildman–Crippen MR) is 97.8 cm³/mol. The van der Waals surface area contributed by atoms with Crippen LogP contribution in [0.15, 0.2) is 35.4 Å². The monoisotopic (exact) mass is 456 g/mol. The molecule has 1 atom stereocenters. The molecule has 0 amide bonds. The number of methoxy groups -OCH3 is 1. The van der Waals surface area contributed by atoms with Gasteiger partial charge in [0, 0.05) is 13.3 Å². The van der Waals surface area contributed by atoms with Crippen molar-refractivity contribution >= 4 is 45.8 Å². The maximum absolute atomic E-state index is 13.1. The zero-order valence-electron chi connectivity index (χ0n) is 14.2. The first-order valence-electron chi connectivity index (χ1n) is 7.46. The number of carbonyl (C=O) groups is 1. The second kappa shape index (κ2) is 9.08. The molecule has 0 aliphatic rings. The van der Waals surface area contributed by atoms with Crippen LogP contribution in [0.3, 0.4) is 0 Å². The van der Waals surface area contributed by atoms with Crippen LogP contribution in [0.2, 0.25) is 10.0 Å². The van der Waals surface area contributed by atoms with Gasteiger partial charge in [0.15, 0.2) is 11.0 Å². The molecule has 12 heteroatoms. The van der Waals surface area contributed by atoms with E-state index in [1.807, 2.05) is 0 Å². The van der Waals surface area contributed by atoms with E-state index in [-0.39, 0.29) is 28.0 Å². The maximum atomic E-state index is 13.1. The lowest BCUT2D eigenvalue weighted by molar-refractivity contribution is -0.138. The quantitative estimate of drug-likeness (QED) is 0.632. The third kappa shape index (κ3) is 5.34. The summed E-state index contributed by atoms with van der Waals surface area (Å²) in [4.78, 5) is 14.8. The molecule has 2 rings (SSSR count). The number of carboxylic acids is 1. The van der Waals surface area contributed by atoms with E-state index in [1.165, 1.54) is 25.4 Å². The second-order valence-corrected chi connectivity index (χ2v) is 7.63. The van der Waals surface area contributed by atoms with Gasteiger partial charge < -0.3 is 9.84 Å². The molecule has 0 radical (unpaired) electrons. The van der Waals surface area contributed by atoms with Crippen molar-refractivity contribution in [3.05, 3.63) is 51.8 Å². The number of hydrogen-bond acceptors (Lipinski definition) is 4. The minimum atomic E-state index is -4.74. The van der Waals surface area contributed by atoms with Gasteiger partial charge in [-0.15, -0.1) is 0 Å². The molecule has 0 aliphatic heterocycles. The van der Waals surface area contributed by atoms with E-state index in [0.29, 0.717) is 6.07 Å². The van der Waals surface area contributed by atoms with Crippen LogP contribution in [-0.4, -0.2) is 34.1 Å². The van der Waals surface area contributed by atoms with E-state index >= 15 is 0 Å². The number of carboxylic acid groups (broad SMARTS) is 1. The summed E-state index contributed by atoms with van der Waals surface area (Å²) in [7, 11) is -0.921. The number of ether oxygens (including phenoxy) is 1. The van der Waals surface area contributed by atoms with E-state index in [1.54, 1.807) is 0 Å². The average Bonchev–Trinajstić information content (AvgIpc) is 2.60. The molecule has 152 valence electrons. The van der Waals surface area contributed by atoms with Crippen LogP contribution in [0.4, 0.5) is 18.9 Å². The highest BCUT2D eigenvalue weighted by atomic mass is 35.5. The molecule has 1 heterocycles. The molecular weight excluding hydrogens is 444 g/mol. The van der Waals surface area contributed by atoms with Crippen molar-refractivity contribution < 1.29 is 32.0 Å². The topological polar surface area (TPSA) is 79.7 Å². The number of nitrogens with zero attached hydrogens (tertiary/aromatic N) is 2. The van der Waals surface area contributed by atoms with Crippen molar-refractivity contribution in [3.8, 4) is 0 Å². The van der Waals surface area contributed by atoms with E-state index in [4.69, 9.17) is 33.0 Å². The fourth-order valence-corrected chi connectivity index (χ4v) is 3.81. The minimum absolute atomic E-state index is 0.0207. The third-order valence-corrected chi connectivity index (χ3v) is 5.29. The summed E-state index contributed by atoms with van der Waals surface area (Å²) in [5, 5.41) is 8.63. The van der Waals surface area contributed by atoms with E-state index in [0.717, 1.165) is 10.4 Å². The summed E-state index contributed by atoms with van der Waals surface area (Å²) in [6, 6.07) is 4.13. The first-order chi connectivity index (χ1) is 13.0. The number of anilines is 1. The Balaban J connectivity index is 2.55. The van der Waals surface area contributed by atoms with Gasteiger partial charge in [0.25, 0.3) is 0 Å². The molecule has 1 aromatic heterocycles. The highest BCUT2D eigenvalue weighted by molar-refractivity contribution is 7.86. The lowest BCUT2D eigenvalue weighted by Crippen LogP contribution is -2.30. The summed E-state index contributed by atoms with van der Waals surface area (Å²) in [6.45, 7) is -0.328. The van der Waals surface area contributed by atoms with Gasteiger partial charge in [-0.2, -0.15) is 13.2 Å². The summed E-state index contributed by atoms with van der Waals surface area (Å²) in [6.07, 6.45) is -4.05. The van der Waals surface area contributed by atoms with Crippen LogP contribution >= 0.6 is 23.2 Å². The third-order valence-electron chi connectivity index (χ3n) is 3.39. The molecule has 1 unspecified atom stereocenters. The SMILES string of the molecule is COCN(c1cc(Cl)cnc1CC(=O)O)S(=O)c1ccc(Cl)c(C(F)(F)F)c1. The van der Waals surface area contributed by atoms with Crippen molar-refractivity contribution in [1.29, 1.82) is 0 Å². The number of aromatic nitrogens is 1. The van der Waals surface area contributed by atoms with Gasteiger partial charge in [0.1, 0.15) is 6.73 Å². The summed E-state index contributed by atoms with van der Waals surface area (Å²) >= 11 is 11.5. The van der Waals surface area contributed by atoms with Gasteiger partial charge in [0.2, 0.25) is 0 Å². The van der Waals surface area contributed by atoms with Crippen molar-refractivity contribution in [2.45, 2.75) is 17.5 Å². The molecule has 1 aromatic carbocycles. The second-order valence-electron chi connectivity index (χ2n) is 5.37. The van der Waals surface area contributed by atoms with E-state index < -0.39 is 40.1 Å². The molecule has 28 heavy (non-hydrogen) atoms. The maximum Gasteiger partial charge on any atom is 0.417 e. The number of alkyl halides is 3. The molecule has 0 aliphatic carbocycles. The number of aliphatic carboxylic acids is 1. The Morgan fingerprint density at radius 2 is 2.00 bits per heavy atom. The lowest BCUT2D eigenvalue weighted by atomic mass is 10.2. The van der Waals surface area contributed by atoms with Crippen molar-refractivity contribution in [1.82, 2.24) is 4.98 Å². The molecular formula is C16H13Cl2F3N2O4S. The highest BCUT2D eigenvalue weighted by Crippen LogP contribution is 2.36. The Labute approximate surface area is 170 Å². The minimum Gasteiger partial charge on any atom is -0.481 e. The van der Waals surface area contributed by atoms with Crippen molar-refractivity contribution in [3.63, 3.8) is 0 Å². The number of halogens is 5. The van der Waals surface area contributed by atoms with Crippen LogP contribution in [0.1, 0.15) is 11.3 Å². The lowest BCUT2D eigenvalue weighted by Gasteiger charge is -2.24. The normalized spacial score (nSPS) is 12.6. The molecule has 0 spiro atoms. The van der Waals surface area contributed by atoms with Crippen LogP contribution in [-0.2, 0) is 33.1 Å². The molecule has 6 nitrogen and oxygen atoms in total. The summed E-state index contributed by atoms with van der Waals surface area (Å²) in [5.41, 5.74) is -1.07. The average molecular weight is 457 g/mol. The standard InChI is InChI=1S/C16H13Cl2F3N2O4S/c1-27-8-23(14-4-9(17)7-22-13(14)6-15(24)25)28(26)10-2-3-12(18)11(5-10)16(19,20)21/h2-5,7H,6,8H2,1H3,(H,24,25). The van der Waals surface area contributed by atoms with Gasteiger partial charge >= 0.3 is 12.1 Å². The van der Waals surface area contributed by atoms with Gasteiger partial charge in [-0.05, 0) is 24.3 Å². The Morgan fingerprint density at radius 3 is 2.57 bits per heavy atom. The Kier molecular flexibility index (Phi) is 7.27. The van der Waals surface area contributed by atoms with Crippen molar-refractivity contribution in [2.24, 2.45) is 0 Å². The number of benzene rings is 1. The fraction of sp³-hybridized carbons (Fsp3) is 0.250. The van der Waals surface area contributed by atoms with Gasteiger partial charge in [-0.1, -0.05) is 23.2 Å². The smallest absolute Gasteiger partial charge is 0.417 e. The molecule has 0 bridgehead atoms. The van der Waals surface area contributed by atoms with E-state index in [2.05, 4.69) is 4.98 Å². The zero-order valence-corrected chi connectivity index (χ0v) is 16.5. The first-order valence-corrected chi connectivity index (χ1v) is 9.32. The van der Waals surface area contributed by atoms with Gasteiger partial charge in [0.05, 0.1) is 38.3 Å². The van der Waals surface area contributed by atoms with E-state index in [9.17, 15) is 22.2 Å². The van der Waals surface area contributed by atoms with Crippen LogP contribution < -0.4 is 4.31 Å². The fourth-order valence-electron chi connectivity index (χ4n) is 2.23. The molecule has 0 saturated carbocycles. The van der Waals surface area contributed by atoms with Crippen LogP contribution in [0.25, 0.3) is 0 Å². The highest BCUT2D eigenvalue weighted by Gasteiger charge is 2.34.